The minimum atomic E-state index is 0.517. The van der Waals surface area contributed by atoms with Gasteiger partial charge in [-0.1, -0.05) is 5.16 Å². The van der Waals surface area contributed by atoms with Gasteiger partial charge in [0.1, 0.15) is 0 Å². The van der Waals surface area contributed by atoms with Gasteiger partial charge in [-0.25, -0.2) is 0 Å². The van der Waals surface area contributed by atoms with E-state index in [0.29, 0.717) is 24.0 Å². The molecule has 0 spiro atoms. The molecule has 0 unspecified atom stereocenters. The summed E-state index contributed by atoms with van der Waals surface area (Å²) in [6.45, 7) is 4.87. The van der Waals surface area contributed by atoms with E-state index < -0.39 is 0 Å². The molecule has 0 radical (unpaired) electrons. The highest BCUT2D eigenvalue weighted by molar-refractivity contribution is 5.44. The largest absolute Gasteiger partial charge is 0.461 e. The SMILES string of the molecule is c1coc(-c2noc(CN3CCCNCC3)n2)c1. The van der Waals surface area contributed by atoms with E-state index in [1.54, 1.807) is 6.26 Å². The topological polar surface area (TPSA) is 67.3 Å². The van der Waals surface area contributed by atoms with Gasteiger partial charge in [-0.05, 0) is 31.6 Å². The van der Waals surface area contributed by atoms with Crippen molar-refractivity contribution >= 4 is 0 Å². The molecule has 0 aliphatic carbocycles. The molecule has 0 aromatic carbocycles. The molecule has 1 fully saturated rings. The van der Waals surface area contributed by atoms with Gasteiger partial charge >= 0.3 is 0 Å². The first kappa shape index (κ1) is 11.4. The van der Waals surface area contributed by atoms with Crippen molar-refractivity contribution < 1.29 is 8.94 Å². The van der Waals surface area contributed by atoms with Crippen LogP contribution in [-0.4, -0.2) is 41.2 Å². The highest BCUT2D eigenvalue weighted by atomic mass is 16.5. The Morgan fingerprint density at radius 2 is 2.33 bits per heavy atom. The average Bonchev–Trinajstić information content (AvgIpc) is 2.98. The van der Waals surface area contributed by atoms with Crippen molar-refractivity contribution in [2.45, 2.75) is 13.0 Å². The van der Waals surface area contributed by atoms with Crippen LogP contribution in [-0.2, 0) is 6.54 Å². The molecule has 2 aromatic rings. The summed E-state index contributed by atoms with van der Waals surface area (Å²) < 4.78 is 10.5. The Hall–Kier alpha value is -1.66. The van der Waals surface area contributed by atoms with Crippen LogP contribution in [0, 0.1) is 0 Å². The number of aromatic nitrogens is 2. The van der Waals surface area contributed by atoms with Gasteiger partial charge in [0, 0.05) is 13.1 Å². The first-order chi connectivity index (χ1) is 8.92. The van der Waals surface area contributed by atoms with E-state index in [1.165, 1.54) is 0 Å². The summed E-state index contributed by atoms with van der Waals surface area (Å²) in [6, 6.07) is 3.64. The van der Waals surface area contributed by atoms with E-state index in [2.05, 4.69) is 20.4 Å². The van der Waals surface area contributed by atoms with Crippen molar-refractivity contribution in [2.24, 2.45) is 0 Å². The molecule has 2 aromatic heterocycles. The summed E-state index contributed by atoms with van der Waals surface area (Å²) in [5.74, 6) is 1.80. The molecular formula is C12H16N4O2. The van der Waals surface area contributed by atoms with E-state index in [0.717, 1.165) is 32.6 Å². The number of hydrogen-bond donors (Lipinski definition) is 1. The van der Waals surface area contributed by atoms with Gasteiger partial charge in [0.2, 0.25) is 11.7 Å². The second-order valence-corrected chi connectivity index (χ2v) is 4.37. The Balaban J connectivity index is 1.66. The monoisotopic (exact) mass is 248 g/mol. The molecule has 1 aliphatic rings. The third-order valence-corrected chi connectivity index (χ3v) is 3.00. The summed E-state index contributed by atoms with van der Waals surface area (Å²) in [5, 5.41) is 7.29. The van der Waals surface area contributed by atoms with Crippen LogP contribution in [0.15, 0.2) is 27.3 Å². The van der Waals surface area contributed by atoms with Crippen LogP contribution in [0.4, 0.5) is 0 Å². The van der Waals surface area contributed by atoms with Gasteiger partial charge < -0.3 is 14.3 Å². The fourth-order valence-corrected chi connectivity index (χ4v) is 2.08. The Labute approximate surface area is 105 Å². The normalized spacial score (nSPS) is 17.8. The summed E-state index contributed by atoms with van der Waals surface area (Å²) in [7, 11) is 0. The van der Waals surface area contributed by atoms with E-state index in [1.807, 2.05) is 12.1 Å². The predicted octanol–water partition coefficient (Wildman–Crippen LogP) is 1.12. The van der Waals surface area contributed by atoms with Crippen LogP contribution < -0.4 is 5.32 Å². The quantitative estimate of drug-likeness (QED) is 0.878. The third kappa shape index (κ3) is 2.60. The van der Waals surface area contributed by atoms with Crippen LogP contribution in [0.5, 0.6) is 0 Å². The number of furan rings is 1. The lowest BCUT2D eigenvalue weighted by Gasteiger charge is -2.16. The van der Waals surface area contributed by atoms with Crippen molar-refractivity contribution in [2.75, 3.05) is 26.2 Å². The van der Waals surface area contributed by atoms with Crippen molar-refractivity contribution in [3.05, 3.63) is 24.3 Å². The van der Waals surface area contributed by atoms with Crippen LogP contribution >= 0.6 is 0 Å². The maximum Gasteiger partial charge on any atom is 0.241 e. The molecule has 0 bridgehead atoms. The Morgan fingerprint density at radius 3 is 3.22 bits per heavy atom. The lowest BCUT2D eigenvalue weighted by Crippen LogP contribution is -2.27. The van der Waals surface area contributed by atoms with Gasteiger partial charge in [0.25, 0.3) is 0 Å². The van der Waals surface area contributed by atoms with Crippen molar-refractivity contribution in [1.82, 2.24) is 20.4 Å². The fourth-order valence-electron chi connectivity index (χ4n) is 2.08. The number of nitrogens with zero attached hydrogens (tertiary/aromatic N) is 3. The number of nitrogens with one attached hydrogen (secondary N) is 1. The van der Waals surface area contributed by atoms with E-state index in [4.69, 9.17) is 8.94 Å². The molecular weight excluding hydrogens is 232 g/mol. The smallest absolute Gasteiger partial charge is 0.241 e. The fraction of sp³-hybridized carbons (Fsp3) is 0.500. The highest BCUT2D eigenvalue weighted by Gasteiger charge is 2.15. The van der Waals surface area contributed by atoms with Crippen LogP contribution in [0.2, 0.25) is 0 Å². The second kappa shape index (κ2) is 5.32. The number of rotatable bonds is 3. The summed E-state index contributed by atoms with van der Waals surface area (Å²) in [6.07, 6.45) is 2.75. The molecule has 6 heteroatoms. The minimum Gasteiger partial charge on any atom is -0.461 e. The van der Waals surface area contributed by atoms with Gasteiger partial charge in [-0.15, -0.1) is 0 Å². The van der Waals surface area contributed by atoms with Crippen LogP contribution in [0.25, 0.3) is 11.6 Å². The van der Waals surface area contributed by atoms with E-state index in [9.17, 15) is 0 Å². The molecule has 3 rings (SSSR count). The van der Waals surface area contributed by atoms with Crippen LogP contribution in [0.3, 0.4) is 0 Å². The minimum absolute atomic E-state index is 0.517. The molecule has 96 valence electrons. The summed E-state index contributed by atoms with van der Waals surface area (Å²) in [5.41, 5.74) is 0. The highest BCUT2D eigenvalue weighted by Crippen LogP contribution is 2.16. The Kier molecular flexibility index (Phi) is 3.38. The molecule has 0 amide bonds. The molecule has 3 heterocycles. The van der Waals surface area contributed by atoms with Gasteiger partial charge in [0.05, 0.1) is 12.8 Å². The zero-order valence-electron chi connectivity index (χ0n) is 10.1. The summed E-state index contributed by atoms with van der Waals surface area (Å²) in [4.78, 5) is 6.66. The molecule has 1 N–H and O–H groups in total. The zero-order chi connectivity index (χ0) is 12.2. The van der Waals surface area contributed by atoms with E-state index in [-0.39, 0.29) is 0 Å². The first-order valence-electron chi connectivity index (χ1n) is 6.21. The Morgan fingerprint density at radius 1 is 1.33 bits per heavy atom. The first-order valence-corrected chi connectivity index (χ1v) is 6.21. The van der Waals surface area contributed by atoms with Gasteiger partial charge in [0.15, 0.2) is 5.76 Å². The standard InChI is InChI=1S/C12H16N4O2/c1-3-10(17-8-1)12-14-11(18-15-12)9-16-6-2-4-13-5-7-16/h1,3,8,13H,2,4-7,9H2. The lowest BCUT2D eigenvalue weighted by molar-refractivity contribution is 0.239. The molecule has 0 atom stereocenters. The third-order valence-electron chi connectivity index (χ3n) is 3.00. The summed E-state index contributed by atoms with van der Waals surface area (Å²) >= 11 is 0. The zero-order valence-corrected chi connectivity index (χ0v) is 10.1. The van der Waals surface area contributed by atoms with Gasteiger partial charge in [-0.2, -0.15) is 4.98 Å². The van der Waals surface area contributed by atoms with Crippen LogP contribution in [0.1, 0.15) is 12.3 Å². The maximum absolute atomic E-state index is 5.25. The molecule has 18 heavy (non-hydrogen) atoms. The molecule has 6 nitrogen and oxygen atoms in total. The number of hydrogen-bond acceptors (Lipinski definition) is 6. The average molecular weight is 248 g/mol. The van der Waals surface area contributed by atoms with E-state index >= 15 is 0 Å². The Bertz CT molecular complexity index is 472. The maximum atomic E-state index is 5.25. The second-order valence-electron chi connectivity index (χ2n) is 4.37. The molecule has 1 saturated heterocycles. The van der Waals surface area contributed by atoms with Gasteiger partial charge in [-0.3, -0.25) is 4.90 Å². The predicted molar refractivity (Wildman–Crippen MR) is 64.8 cm³/mol. The van der Waals surface area contributed by atoms with Crippen molar-refractivity contribution in [3.8, 4) is 11.6 Å². The lowest BCUT2D eigenvalue weighted by atomic mass is 10.4. The van der Waals surface area contributed by atoms with Crippen molar-refractivity contribution in [3.63, 3.8) is 0 Å². The van der Waals surface area contributed by atoms with Crippen molar-refractivity contribution in [1.29, 1.82) is 0 Å². The molecule has 1 aliphatic heterocycles. The molecule has 0 saturated carbocycles.